The van der Waals surface area contributed by atoms with Gasteiger partial charge < -0.3 is 15.1 Å². The number of hydrogen-bond donors (Lipinski definition) is 2. The third-order valence-electron chi connectivity index (χ3n) is 3.54. The highest BCUT2D eigenvalue weighted by molar-refractivity contribution is 5.73. The quantitative estimate of drug-likeness (QED) is 0.651. The highest BCUT2D eigenvalue weighted by Gasteiger charge is 2.14. The molecule has 118 valence electrons. The van der Waals surface area contributed by atoms with Crippen LogP contribution in [0.4, 0.5) is 0 Å². The van der Waals surface area contributed by atoms with E-state index in [1.807, 2.05) is 30.3 Å². The van der Waals surface area contributed by atoms with Crippen LogP contribution in [0.1, 0.15) is 44.6 Å². The number of carbonyl (C=O) groups excluding carboxylic acids is 1. The Morgan fingerprint density at radius 1 is 1.14 bits per heavy atom. The molecule has 0 spiro atoms. The first kappa shape index (κ1) is 17.7. The maximum atomic E-state index is 11.7. The lowest BCUT2D eigenvalue weighted by Crippen LogP contribution is -2.35. The minimum atomic E-state index is -0.480. The number of amides is 1. The van der Waals surface area contributed by atoms with Gasteiger partial charge in [0.1, 0.15) is 0 Å². The second-order valence-electron chi connectivity index (χ2n) is 5.47. The minimum absolute atomic E-state index is 0.0156. The molecule has 0 aliphatic carbocycles. The number of nitrogens with zero attached hydrogens (tertiary/aromatic N) is 1. The van der Waals surface area contributed by atoms with Gasteiger partial charge in [-0.3, -0.25) is 4.79 Å². The van der Waals surface area contributed by atoms with E-state index in [0.717, 1.165) is 31.2 Å². The van der Waals surface area contributed by atoms with Crippen LogP contribution in [0, 0.1) is 0 Å². The van der Waals surface area contributed by atoms with E-state index in [2.05, 4.69) is 0 Å². The molecule has 0 bridgehead atoms. The summed E-state index contributed by atoms with van der Waals surface area (Å²) in [6.07, 6.45) is 3.97. The number of hydrogen-bond acceptors (Lipinski definition) is 3. The summed E-state index contributed by atoms with van der Waals surface area (Å²) < 4.78 is 0. The number of benzene rings is 1. The van der Waals surface area contributed by atoms with Crippen LogP contribution >= 0.6 is 0 Å². The zero-order valence-corrected chi connectivity index (χ0v) is 12.9. The number of aliphatic hydroxyl groups is 2. The average Bonchev–Trinajstić information content (AvgIpc) is 2.47. The zero-order valence-electron chi connectivity index (χ0n) is 12.9. The van der Waals surface area contributed by atoms with Crippen molar-refractivity contribution < 1.29 is 15.0 Å². The van der Waals surface area contributed by atoms with Gasteiger partial charge in [-0.15, -0.1) is 0 Å². The second kappa shape index (κ2) is 10.4. The molecule has 1 aromatic rings. The van der Waals surface area contributed by atoms with Gasteiger partial charge in [0.15, 0.2) is 0 Å². The SMILES string of the molecule is CC(=O)N(Cc1ccccc1)CC(O)CCCCCCO. The Morgan fingerprint density at radius 2 is 1.81 bits per heavy atom. The van der Waals surface area contributed by atoms with E-state index in [-0.39, 0.29) is 12.5 Å². The van der Waals surface area contributed by atoms with E-state index >= 15 is 0 Å². The van der Waals surface area contributed by atoms with Crippen LogP contribution in [-0.2, 0) is 11.3 Å². The molecule has 1 aromatic carbocycles. The molecule has 1 unspecified atom stereocenters. The highest BCUT2D eigenvalue weighted by Crippen LogP contribution is 2.10. The van der Waals surface area contributed by atoms with Gasteiger partial charge in [-0.05, 0) is 18.4 Å². The standard InChI is InChI=1S/C17H27NO3/c1-15(20)18(13-16-9-5-4-6-10-16)14-17(21)11-7-2-3-8-12-19/h4-6,9-10,17,19,21H,2-3,7-8,11-14H2,1H3. The van der Waals surface area contributed by atoms with Gasteiger partial charge in [0.05, 0.1) is 6.10 Å². The Balaban J connectivity index is 2.34. The van der Waals surface area contributed by atoms with E-state index < -0.39 is 6.10 Å². The van der Waals surface area contributed by atoms with Crippen molar-refractivity contribution in [3.05, 3.63) is 35.9 Å². The number of carbonyl (C=O) groups is 1. The van der Waals surface area contributed by atoms with Crippen LogP contribution < -0.4 is 0 Å². The maximum Gasteiger partial charge on any atom is 0.219 e. The molecule has 1 atom stereocenters. The van der Waals surface area contributed by atoms with Gasteiger partial charge in [0.2, 0.25) is 5.91 Å². The van der Waals surface area contributed by atoms with E-state index in [0.29, 0.717) is 19.5 Å². The van der Waals surface area contributed by atoms with Crippen LogP contribution in [0.3, 0.4) is 0 Å². The van der Waals surface area contributed by atoms with Crippen molar-refractivity contribution in [2.75, 3.05) is 13.2 Å². The normalized spacial score (nSPS) is 12.1. The minimum Gasteiger partial charge on any atom is -0.396 e. The third-order valence-corrected chi connectivity index (χ3v) is 3.54. The monoisotopic (exact) mass is 293 g/mol. The molecule has 1 rings (SSSR count). The molecule has 0 saturated heterocycles. The first-order valence-electron chi connectivity index (χ1n) is 7.72. The van der Waals surface area contributed by atoms with Gasteiger partial charge >= 0.3 is 0 Å². The number of unbranched alkanes of at least 4 members (excludes halogenated alkanes) is 3. The topological polar surface area (TPSA) is 60.8 Å². The lowest BCUT2D eigenvalue weighted by Gasteiger charge is -2.24. The fraction of sp³-hybridized carbons (Fsp3) is 0.588. The molecular weight excluding hydrogens is 266 g/mol. The van der Waals surface area contributed by atoms with Crippen LogP contribution in [-0.4, -0.2) is 40.3 Å². The summed E-state index contributed by atoms with van der Waals surface area (Å²) in [5, 5.41) is 18.8. The van der Waals surface area contributed by atoms with Crippen molar-refractivity contribution in [2.24, 2.45) is 0 Å². The van der Waals surface area contributed by atoms with Gasteiger partial charge in [0.25, 0.3) is 0 Å². The lowest BCUT2D eigenvalue weighted by molar-refractivity contribution is -0.131. The molecule has 4 heteroatoms. The fourth-order valence-electron chi connectivity index (χ4n) is 2.30. The van der Waals surface area contributed by atoms with E-state index in [4.69, 9.17) is 5.11 Å². The molecule has 4 nitrogen and oxygen atoms in total. The predicted octanol–water partition coefficient (Wildman–Crippen LogP) is 2.34. The lowest BCUT2D eigenvalue weighted by atomic mass is 10.1. The Kier molecular flexibility index (Phi) is 8.71. The summed E-state index contributed by atoms with van der Waals surface area (Å²) in [5.41, 5.74) is 1.07. The first-order valence-corrected chi connectivity index (χ1v) is 7.72. The number of aliphatic hydroxyl groups excluding tert-OH is 2. The van der Waals surface area contributed by atoms with Crippen molar-refractivity contribution in [1.29, 1.82) is 0 Å². The number of rotatable bonds is 10. The van der Waals surface area contributed by atoms with Crippen LogP contribution in [0.2, 0.25) is 0 Å². The van der Waals surface area contributed by atoms with Crippen molar-refractivity contribution in [2.45, 2.75) is 51.7 Å². The van der Waals surface area contributed by atoms with Gasteiger partial charge in [-0.25, -0.2) is 0 Å². The Labute approximate surface area is 127 Å². The average molecular weight is 293 g/mol. The largest absolute Gasteiger partial charge is 0.396 e. The Morgan fingerprint density at radius 3 is 2.43 bits per heavy atom. The van der Waals surface area contributed by atoms with Crippen molar-refractivity contribution >= 4 is 5.91 Å². The Hall–Kier alpha value is -1.39. The van der Waals surface area contributed by atoms with Crippen LogP contribution in [0.25, 0.3) is 0 Å². The van der Waals surface area contributed by atoms with E-state index in [1.165, 1.54) is 6.92 Å². The molecule has 21 heavy (non-hydrogen) atoms. The first-order chi connectivity index (χ1) is 10.1. The smallest absolute Gasteiger partial charge is 0.219 e. The van der Waals surface area contributed by atoms with E-state index in [1.54, 1.807) is 4.90 Å². The van der Waals surface area contributed by atoms with Crippen LogP contribution in [0.5, 0.6) is 0 Å². The third kappa shape index (κ3) is 7.83. The summed E-state index contributed by atoms with van der Waals surface area (Å²) in [7, 11) is 0. The van der Waals surface area contributed by atoms with Gasteiger partial charge in [-0.1, -0.05) is 49.6 Å². The van der Waals surface area contributed by atoms with Crippen LogP contribution in [0.15, 0.2) is 30.3 Å². The summed E-state index contributed by atoms with van der Waals surface area (Å²) in [6.45, 7) is 2.69. The molecular formula is C17H27NO3. The molecule has 0 heterocycles. The molecule has 0 saturated carbocycles. The fourth-order valence-corrected chi connectivity index (χ4v) is 2.30. The predicted molar refractivity (Wildman–Crippen MR) is 83.7 cm³/mol. The summed E-state index contributed by atoms with van der Waals surface area (Å²) in [6, 6.07) is 9.81. The maximum absolute atomic E-state index is 11.7. The molecule has 0 fully saturated rings. The molecule has 0 aromatic heterocycles. The summed E-state index contributed by atoms with van der Waals surface area (Å²) >= 11 is 0. The molecule has 0 aliphatic rings. The summed E-state index contributed by atoms with van der Waals surface area (Å²) in [5.74, 6) is -0.0156. The van der Waals surface area contributed by atoms with Gasteiger partial charge in [0, 0.05) is 26.6 Å². The molecule has 1 amide bonds. The van der Waals surface area contributed by atoms with Gasteiger partial charge in [-0.2, -0.15) is 0 Å². The highest BCUT2D eigenvalue weighted by atomic mass is 16.3. The second-order valence-corrected chi connectivity index (χ2v) is 5.47. The van der Waals surface area contributed by atoms with Crippen molar-refractivity contribution in [3.8, 4) is 0 Å². The zero-order chi connectivity index (χ0) is 15.5. The molecule has 0 radical (unpaired) electrons. The summed E-state index contributed by atoms with van der Waals surface area (Å²) in [4.78, 5) is 13.4. The van der Waals surface area contributed by atoms with Crippen molar-refractivity contribution in [3.63, 3.8) is 0 Å². The van der Waals surface area contributed by atoms with Crippen molar-refractivity contribution in [1.82, 2.24) is 4.90 Å². The molecule has 2 N–H and O–H groups in total. The van der Waals surface area contributed by atoms with E-state index in [9.17, 15) is 9.90 Å². The Bertz CT molecular complexity index is 394. The molecule has 0 aliphatic heterocycles.